The van der Waals surface area contributed by atoms with Crippen LogP contribution in [0.25, 0.3) is 0 Å². The Labute approximate surface area is 142 Å². The molecule has 0 aliphatic heterocycles. The van der Waals surface area contributed by atoms with Gasteiger partial charge in [0, 0.05) is 12.4 Å². The van der Waals surface area contributed by atoms with Gasteiger partial charge in [0.1, 0.15) is 0 Å². The molecule has 0 fully saturated rings. The van der Waals surface area contributed by atoms with Crippen LogP contribution in [0.2, 0.25) is 0 Å². The summed E-state index contributed by atoms with van der Waals surface area (Å²) < 4.78 is 0. The lowest BCUT2D eigenvalue weighted by molar-refractivity contribution is 0.930. The highest BCUT2D eigenvalue weighted by Gasteiger charge is 2.17. The number of rotatable bonds is 6. The summed E-state index contributed by atoms with van der Waals surface area (Å²) >= 11 is 0. The molecule has 0 aliphatic rings. The molecule has 2 unspecified atom stereocenters. The minimum Gasteiger partial charge on any atom is -0.312 e. The predicted octanol–water partition coefficient (Wildman–Crippen LogP) is 4.64. The van der Waals surface area contributed by atoms with Crippen LogP contribution >= 0.6 is 0 Å². The Kier molecular flexibility index (Phi) is 4.92. The summed E-state index contributed by atoms with van der Waals surface area (Å²) in [4.78, 5) is 4.77. The molecule has 1 heterocycles. The molecule has 0 amide bonds. The monoisotopic (exact) mass is 313 g/mol. The molecule has 0 saturated carbocycles. The Balaban J connectivity index is 1.99. The van der Waals surface area contributed by atoms with E-state index >= 15 is 0 Å². The van der Waals surface area contributed by atoms with Gasteiger partial charge in [-0.2, -0.15) is 0 Å². The van der Waals surface area contributed by atoms with Crippen LogP contribution in [0, 0.1) is 10.8 Å². The highest BCUT2D eigenvalue weighted by molar-refractivity contribution is 5.71. The first kappa shape index (κ1) is 15.8. The Morgan fingerprint density at radius 1 is 0.583 bits per heavy atom. The van der Waals surface area contributed by atoms with Crippen LogP contribution in [0.5, 0.6) is 0 Å². The molecular formula is C21H19N3. The zero-order valence-electron chi connectivity index (χ0n) is 13.3. The second-order valence-corrected chi connectivity index (χ2v) is 5.60. The lowest BCUT2D eigenvalue weighted by Crippen LogP contribution is -2.10. The van der Waals surface area contributed by atoms with Crippen molar-refractivity contribution in [2.24, 2.45) is 0 Å². The molecule has 0 bridgehead atoms. The smallest absolute Gasteiger partial charge is 0.0609 e. The highest BCUT2D eigenvalue weighted by atomic mass is 14.7. The number of nitrogens with one attached hydrogen (secondary N) is 2. The molecular weight excluding hydrogens is 294 g/mol. The van der Waals surface area contributed by atoms with Crippen LogP contribution in [0.1, 0.15) is 34.4 Å². The van der Waals surface area contributed by atoms with Crippen molar-refractivity contribution in [1.82, 2.24) is 4.98 Å². The minimum absolute atomic E-state index is 0.173. The molecule has 24 heavy (non-hydrogen) atoms. The van der Waals surface area contributed by atoms with Crippen LogP contribution in [-0.2, 0) is 0 Å². The minimum atomic E-state index is -0.173. The lowest BCUT2D eigenvalue weighted by Gasteiger charge is -2.16. The summed E-state index contributed by atoms with van der Waals surface area (Å²) in [6.45, 7) is 0. The van der Waals surface area contributed by atoms with Gasteiger partial charge in [0.05, 0.1) is 23.2 Å². The van der Waals surface area contributed by atoms with E-state index in [1.54, 1.807) is 0 Å². The number of benzene rings is 2. The van der Waals surface area contributed by atoms with Crippen molar-refractivity contribution in [1.29, 1.82) is 10.8 Å². The van der Waals surface area contributed by atoms with Crippen LogP contribution in [0.4, 0.5) is 0 Å². The van der Waals surface area contributed by atoms with Gasteiger partial charge in [0.25, 0.3) is 0 Å². The summed E-state index contributed by atoms with van der Waals surface area (Å²) in [5.74, 6) is -0.346. The average molecular weight is 313 g/mol. The van der Waals surface area contributed by atoms with Crippen molar-refractivity contribution in [3.8, 4) is 0 Å². The highest BCUT2D eigenvalue weighted by Crippen LogP contribution is 2.25. The molecule has 3 heteroatoms. The number of hydrogen-bond acceptors (Lipinski definition) is 3. The number of pyridine rings is 1. The summed E-state index contributed by atoms with van der Waals surface area (Å²) in [6.07, 6.45) is 2.84. The van der Waals surface area contributed by atoms with E-state index in [-0.39, 0.29) is 11.8 Å². The molecule has 0 radical (unpaired) electrons. The SMILES string of the molecule is N=CC(c1ccccc1)c1cccc(C(C=N)c2ccccc2)n1. The van der Waals surface area contributed by atoms with Crippen LogP contribution in [-0.4, -0.2) is 17.4 Å². The van der Waals surface area contributed by atoms with E-state index in [9.17, 15) is 0 Å². The van der Waals surface area contributed by atoms with Crippen LogP contribution in [0.3, 0.4) is 0 Å². The molecule has 0 spiro atoms. The Bertz CT molecular complexity index is 746. The average Bonchev–Trinajstić information content (AvgIpc) is 2.65. The van der Waals surface area contributed by atoms with Gasteiger partial charge in [0.15, 0.2) is 0 Å². The van der Waals surface area contributed by atoms with Crippen molar-refractivity contribution < 1.29 is 0 Å². The van der Waals surface area contributed by atoms with E-state index in [1.165, 1.54) is 12.4 Å². The Morgan fingerprint density at radius 3 is 1.38 bits per heavy atom. The zero-order chi connectivity index (χ0) is 16.8. The van der Waals surface area contributed by atoms with Crippen molar-refractivity contribution in [3.63, 3.8) is 0 Å². The number of aromatic nitrogens is 1. The van der Waals surface area contributed by atoms with E-state index in [4.69, 9.17) is 15.8 Å². The lowest BCUT2D eigenvalue weighted by atomic mass is 9.93. The molecule has 1 aromatic heterocycles. The maximum atomic E-state index is 7.81. The molecule has 118 valence electrons. The van der Waals surface area contributed by atoms with Crippen molar-refractivity contribution in [2.45, 2.75) is 11.8 Å². The van der Waals surface area contributed by atoms with E-state index in [0.29, 0.717) is 0 Å². The largest absolute Gasteiger partial charge is 0.312 e. The maximum absolute atomic E-state index is 7.81. The molecule has 3 rings (SSSR count). The van der Waals surface area contributed by atoms with Gasteiger partial charge in [-0.3, -0.25) is 4.98 Å². The van der Waals surface area contributed by atoms with E-state index in [2.05, 4.69) is 0 Å². The molecule has 0 aliphatic carbocycles. The van der Waals surface area contributed by atoms with E-state index in [0.717, 1.165) is 22.5 Å². The molecule has 2 N–H and O–H groups in total. The fourth-order valence-corrected chi connectivity index (χ4v) is 2.84. The first-order valence-corrected chi connectivity index (χ1v) is 7.91. The number of hydrogen-bond donors (Lipinski definition) is 2. The number of nitrogens with zero attached hydrogens (tertiary/aromatic N) is 1. The Hall–Kier alpha value is -3.07. The van der Waals surface area contributed by atoms with Gasteiger partial charge in [-0.25, -0.2) is 0 Å². The third kappa shape index (κ3) is 3.30. The third-order valence-corrected chi connectivity index (χ3v) is 4.08. The first-order valence-electron chi connectivity index (χ1n) is 7.91. The molecule has 3 nitrogen and oxygen atoms in total. The molecule has 2 aromatic carbocycles. The fourth-order valence-electron chi connectivity index (χ4n) is 2.84. The predicted molar refractivity (Wildman–Crippen MR) is 98.4 cm³/mol. The van der Waals surface area contributed by atoms with E-state index in [1.807, 2.05) is 78.9 Å². The summed E-state index contributed by atoms with van der Waals surface area (Å²) in [7, 11) is 0. The van der Waals surface area contributed by atoms with Crippen LogP contribution < -0.4 is 0 Å². The summed E-state index contributed by atoms with van der Waals surface area (Å²) in [5, 5.41) is 15.6. The molecule has 0 saturated heterocycles. The quantitative estimate of drug-likeness (QED) is 0.640. The zero-order valence-corrected chi connectivity index (χ0v) is 13.3. The second kappa shape index (κ2) is 7.47. The van der Waals surface area contributed by atoms with Gasteiger partial charge in [-0.1, -0.05) is 66.7 Å². The summed E-state index contributed by atoms with van der Waals surface area (Å²) in [5.41, 5.74) is 3.75. The first-order chi connectivity index (χ1) is 11.8. The topological polar surface area (TPSA) is 60.6 Å². The second-order valence-electron chi connectivity index (χ2n) is 5.60. The van der Waals surface area contributed by atoms with E-state index < -0.39 is 0 Å². The van der Waals surface area contributed by atoms with Gasteiger partial charge in [-0.15, -0.1) is 0 Å². The van der Waals surface area contributed by atoms with Crippen LogP contribution in [0.15, 0.2) is 78.9 Å². The fraction of sp³-hybridized carbons (Fsp3) is 0.0952. The van der Waals surface area contributed by atoms with Crippen molar-refractivity contribution >= 4 is 12.4 Å². The standard InChI is InChI=1S/C21H19N3/c22-14-18(16-8-3-1-4-9-16)20-12-7-13-21(24-20)19(15-23)17-10-5-2-6-11-17/h1-15,18-19,22-23H. The summed E-state index contributed by atoms with van der Waals surface area (Å²) in [6, 6.07) is 25.7. The van der Waals surface area contributed by atoms with Crippen molar-refractivity contribution in [2.75, 3.05) is 0 Å². The maximum Gasteiger partial charge on any atom is 0.0609 e. The Morgan fingerprint density at radius 2 is 1.00 bits per heavy atom. The van der Waals surface area contributed by atoms with Gasteiger partial charge < -0.3 is 10.8 Å². The normalized spacial score (nSPS) is 13.0. The van der Waals surface area contributed by atoms with Gasteiger partial charge in [0.2, 0.25) is 0 Å². The van der Waals surface area contributed by atoms with Crippen molar-refractivity contribution in [3.05, 3.63) is 101 Å². The van der Waals surface area contributed by atoms with Gasteiger partial charge in [-0.05, 0) is 23.3 Å². The van der Waals surface area contributed by atoms with Gasteiger partial charge >= 0.3 is 0 Å². The molecule has 3 aromatic rings. The third-order valence-electron chi connectivity index (χ3n) is 4.08. The molecule has 2 atom stereocenters.